The summed E-state index contributed by atoms with van der Waals surface area (Å²) < 4.78 is 1.47. The van der Waals surface area contributed by atoms with Crippen molar-refractivity contribution in [2.24, 2.45) is 0 Å². The number of rotatable bonds is 4. The second kappa shape index (κ2) is 7.36. The minimum atomic E-state index is -1.10. The van der Waals surface area contributed by atoms with Crippen LogP contribution in [0.3, 0.4) is 0 Å². The molecule has 0 bridgehead atoms. The molecule has 0 fully saturated rings. The Bertz CT molecular complexity index is 1050. The van der Waals surface area contributed by atoms with Crippen molar-refractivity contribution in [3.63, 3.8) is 0 Å². The zero-order chi connectivity index (χ0) is 20.5. The lowest BCUT2D eigenvalue weighted by Gasteiger charge is -2.36. The highest BCUT2D eigenvalue weighted by atomic mass is 16.3. The molecule has 2 amide bonds. The molecule has 1 aromatic carbocycles. The van der Waals surface area contributed by atoms with Crippen molar-refractivity contribution in [3.8, 4) is 11.3 Å². The van der Waals surface area contributed by atoms with E-state index in [4.69, 9.17) is 0 Å². The van der Waals surface area contributed by atoms with Gasteiger partial charge in [-0.2, -0.15) is 0 Å². The van der Waals surface area contributed by atoms with Gasteiger partial charge in [0, 0.05) is 19.7 Å². The first-order chi connectivity index (χ1) is 14.0. The largest absolute Gasteiger partial charge is 0.356 e. The fraction of sp³-hybridized carbons (Fsp3) is 0.200. The van der Waals surface area contributed by atoms with Gasteiger partial charge in [0.25, 0.3) is 5.91 Å². The molecule has 1 aliphatic rings. The van der Waals surface area contributed by atoms with Crippen molar-refractivity contribution in [2.75, 3.05) is 24.3 Å². The molecule has 1 atom stereocenters. The van der Waals surface area contributed by atoms with Crippen molar-refractivity contribution < 1.29 is 14.7 Å². The first kappa shape index (κ1) is 18.6. The minimum absolute atomic E-state index is 0.0910. The number of aliphatic hydroxyl groups is 1. The third-order valence-electron chi connectivity index (χ3n) is 4.80. The zero-order valence-electron chi connectivity index (χ0n) is 16.0. The summed E-state index contributed by atoms with van der Waals surface area (Å²) >= 11 is 0. The number of carbonyl (C=O) groups is 2. The molecule has 0 aliphatic carbocycles. The van der Waals surface area contributed by atoms with Gasteiger partial charge in [-0.05, 0) is 12.1 Å². The van der Waals surface area contributed by atoms with E-state index in [1.165, 1.54) is 27.7 Å². The maximum atomic E-state index is 12.5. The molecule has 29 heavy (non-hydrogen) atoms. The van der Waals surface area contributed by atoms with Crippen LogP contribution in [-0.4, -0.2) is 56.8 Å². The molecule has 4 rings (SSSR count). The van der Waals surface area contributed by atoms with E-state index in [1.54, 1.807) is 19.3 Å². The molecule has 0 radical (unpaired) electrons. The topological polar surface area (TPSA) is 104 Å². The Morgan fingerprint density at radius 1 is 1.10 bits per heavy atom. The van der Waals surface area contributed by atoms with Gasteiger partial charge in [0.05, 0.1) is 23.9 Å². The average Bonchev–Trinajstić information content (AvgIpc) is 3.15. The molecular weight excluding hydrogens is 372 g/mol. The quantitative estimate of drug-likeness (QED) is 0.695. The second-order valence-electron chi connectivity index (χ2n) is 6.76. The van der Waals surface area contributed by atoms with E-state index in [0.29, 0.717) is 11.5 Å². The monoisotopic (exact) mass is 392 g/mol. The molecule has 148 valence electrons. The van der Waals surface area contributed by atoms with E-state index in [-0.39, 0.29) is 18.1 Å². The summed E-state index contributed by atoms with van der Waals surface area (Å²) in [6, 6.07) is 13.4. The maximum Gasteiger partial charge on any atom is 0.277 e. The molecule has 2 N–H and O–H groups in total. The lowest BCUT2D eigenvalue weighted by molar-refractivity contribution is -0.116. The van der Waals surface area contributed by atoms with Crippen LogP contribution in [0.15, 0.2) is 55.0 Å². The smallest absolute Gasteiger partial charge is 0.277 e. The molecule has 3 aromatic rings. The average molecular weight is 392 g/mol. The standard InChI is InChI=1S/C20H20N6O3/c1-24-18-17(19(28)25(2)20(24)29)26(12-22-18)11-16(27)23-14-8-9-15(21-10-14)13-6-4-3-5-7-13/h3-10,12,20,29H,11H2,1-2H3,(H,23,27). The van der Waals surface area contributed by atoms with Crippen LogP contribution < -0.4 is 10.2 Å². The highest BCUT2D eigenvalue weighted by molar-refractivity contribution is 6.00. The Kier molecular flexibility index (Phi) is 4.73. The summed E-state index contributed by atoms with van der Waals surface area (Å²) in [5, 5.41) is 12.8. The molecule has 9 heteroatoms. The highest BCUT2D eigenvalue weighted by Crippen LogP contribution is 2.26. The number of anilines is 2. The van der Waals surface area contributed by atoms with Gasteiger partial charge in [0.1, 0.15) is 6.54 Å². The van der Waals surface area contributed by atoms with Gasteiger partial charge in [0.15, 0.2) is 11.5 Å². The van der Waals surface area contributed by atoms with Crippen molar-refractivity contribution >= 4 is 23.3 Å². The summed E-state index contributed by atoms with van der Waals surface area (Å²) in [6.45, 7) is -0.0910. The van der Waals surface area contributed by atoms with Crippen molar-refractivity contribution in [3.05, 3.63) is 60.7 Å². The van der Waals surface area contributed by atoms with E-state index in [0.717, 1.165) is 11.3 Å². The summed E-state index contributed by atoms with van der Waals surface area (Å²) in [5.74, 6) is -0.379. The zero-order valence-corrected chi connectivity index (χ0v) is 16.0. The van der Waals surface area contributed by atoms with E-state index in [1.807, 2.05) is 36.4 Å². The Morgan fingerprint density at radius 2 is 1.86 bits per heavy atom. The van der Waals surface area contributed by atoms with Crippen LogP contribution in [0.2, 0.25) is 0 Å². The number of pyridine rings is 1. The van der Waals surface area contributed by atoms with E-state index < -0.39 is 12.3 Å². The van der Waals surface area contributed by atoms with Crippen LogP contribution in [0, 0.1) is 0 Å². The second-order valence-corrected chi connectivity index (χ2v) is 6.76. The third kappa shape index (κ3) is 3.43. The summed E-state index contributed by atoms with van der Waals surface area (Å²) in [5.41, 5.74) is 2.61. The molecule has 9 nitrogen and oxygen atoms in total. The number of imidazole rings is 1. The number of benzene rings is 1. The van der Waals surface area contributed by atoms with Gasteiger partial charge in [-0.25, -0.2) is 4.98 Å². The number of hydrogen-bond donors (Lipinski definition) is 2. The Balaban J connectivity index is 1.47. The van der Waals surface area contributed by atoms with Gasteiger partial charge in [-0.1, -0.05) is 30.3 Å². The Morgan fingerprint density at radius 3 is 2.55 bits per heavy atom. The van der Waals surface area contributed by atoms with Crippen LogP contribution in [0.4, 0.5) is 11.5 Å². The molecule has 2 aromatic heterocycles. The van der Waals surface area contributed by atoms with Gasteiger partial charge < -0.3 is 19.9 Å². The van der Waals surface area contributed by atoms with Crippen molar-refractivity contribution in [1.29, 1.82) is 0 Å². The predicted octanol–water partition coefficient (Wildman–Crippen LogP) is 1.38. The molecule has 1 aliphatic heterocycles. The summed E-state index contributed by atoms with van der Waals surface area (Å²) in [7, 11) is 3.12. The number of aromatic nitrogens is 3. The lowest BCUT2D eigenvalue weighted by Crippen LogP contribution is -2.52. The molecule has 0 spiro atoms. The van der Waals surface area contributed by atoms with Gasteiger partial charge in [0.2, 0.25) is 12.3 Å². The van der Waals surface area contributed by atoms with Crippen molar-refractivity contribution in [2.45, 2.75) is 12.9 Å². The molecule has 0 saturated carbocycles. The highest BCUT2D eigenvalue weighted by Gasteiger charge is 2.36. The number of hydrogen-bond acceptors (Lipinski definition) is 6. The van der Waals surface area contributed by atoms with Crippen LogP contribution >= 0.6 is 0 Å². The number of fused-ring (bicyclic) bond motifs is 1. The predicted molar refractivity (Wildman–Crippen MR) is 107 cm³/mol. The number of amides is 2. The molecule has 1 unspecified atom stereocenters. The van der Waals surface area contributed by atoms with E-state index >= 15 is 0 Å². The van der Waals surface area contributed by atoms with Gasteiger partial charge in [-0.3, -0.25) is 19.5 Å². The van der Waals surface area contributed by atoms with Crippen molar-refractivity contribution in [1.82, 2.24) is 19.4 Å². The fourth-order valence-electron chi connectivity index (χ4n) is 3.21. The maximum absolute atomic E-state index is 12.5. The first-order valence-corrected chi connectivity index (χ1v) is 9.00. The van der Waals surface area contributed by atoms with Crippen LogP contribution in [0.25, 0.3) is 11.3 Å². The Labute approximate surface area is 167 Å². The minimum Gasteiger partial charge on any atom is -0.356 e. The van der Waals surface area contributed by atoms with Crippen LogP contribution in [-0.2, 0) is 11.3 Å². The Hall–Kier alpha value is -3.72. The van der Waals surface area contributed by atoms with E-state index in [2.05, 4.69) is 15.3 Å². The first-order valence-electron chi connectivity index (χ1n) is 9.00. The molecular formula is C20H20N6O3. The van der Waals surface area contributed by atoms with Crippen LogP contribution in [0.1, 0.15) is 10.5 Å². The number of aliphatic hydroxyl groups excluding tert-OH is 1. The third-order valence-corrected chi connectivity index (χ3v) is 4.80. The number of carbonyl (C=O) groups excluding carboxylic acids is 2. The normalized spacial score (nSPS) is 16.0. The summed E-state index contributed by atoms with van der Waals surface area (Å²) in [4.78, 5) is 36.2. The van der Waals surface area contributed by atoms with Crippen LogP contribution in [0.5, 0.6) is 0 Å². The SMILES string of the molecule is CN1C(=O)c2c(ncn2CC(=O)Nc2ccc(-c3ccccc3)nc2)N(C)C1O. The fourth-order valence-corrected chi connectivity index (χ4v) is 3.21. The van der Waals surface area contributed by atoms with E-state index in [9.17, 15) is 14.7 Å². The number of nitrogens with zero attached hydrogens (tertiary/aromatic N) is 5. The molecule has 0 saturated heterocycles. The molecule has 3 heterocycles. The van der Waals surface area contributed by atoms with Gasteiger partial charge >= 0.3 is 0 Å². The van der Waals surface area contributed by atoms with Gasteiger partial charge in [-0.15, -0.1) is 0 Å². The lowest BCUT2D eigenvalue weighted by atomic mass is 10.1. The summed E-state index contributed by atoms with van der Waals surface area (Å²) in [6.07, 6.45) is 1.91. The number of nitrogens with one attached hydrogen (secondary N) is 1.